The topological polar surface area (TPSA) is 59.1 Å². The van der Waals surface area contributed by atoms with Crippen molar-refractivity contribution in [2.24, 2.45) is 0 Å². The summed E-state index contributed by atoms with van der Waals surface area (Å²) in [5.41, 5.74) is 0. The summed E-state index contributed by atoms with van der Waals surface area (Å²) in [7, 11) is -3.53. The molecule has 1 aromatic heterocycles. The van der Waals surface area contributed by atoms with Gasteiger partial charge in [-0.25, -0.2) is 13.1 Å². The van der Waals surface area contributed by atoms with Crippen molar-refractivity contribution in [2.45, 2.75) is 11.3 Å². The lowest BCUT2D eigenvalue weighted by Crippen LogP contribution is -2.24. The number of fused-ring (bicyclic) bond motifs is 1. The molecule has 18 heavy (non-hydrogen) atoms. The van der Waals surface area contributed by atoms with E-state index in [0.29, 0.717) is 11.8 Å². The van der Waals surface area contributed by atoms with Crippen LogP contribution in [-0.4, -0.2) is 19.9 Å². The average molecular weight is 260 g/mol. The predicted molar refractivity (Wildman–Crippen MR) is 70.4 cm³/mol. The van der Waals surface area contributed by atoms with Crippen LogP contribution in [0.25, 0.3) is 10.8 Å². The van der Waals surface area contributed by atoms with Gasteiger partial charge in [-0.15, -0.1) is 12.3 Å². The number of sulfonamides is 1. The van der Waals surface area contributed by atoms with E-state index in [1.54, 1.807) is 30.6 Å². The first-order valence-electron chi connectivity index (χ1n) is 5.41. The highest BCUT2D eigenvalue weighted by Crippen LogP contribution is 2.21. The van der Waals surface area contributed by atoms with Crippen LogP contribution >= 0.6 is 0 Å². The largest absolute Gasteiger partial charge is 0.264 e. The van der Waals surface area contributed by atoms with Crippen LogP contribution < -0.4 is 4.72 Å². The van der Waals surface area contributed by atoms with Gasteiger partial charge >= 0.3 is 0 Å². The van der Waals surface area contributed by atoms with Crippen LogP contribution in [0.2, 0.25) is 0 Å². The van der Waals surface area contributed by atoms with Crippen LogP contribution in [0, 0.1) is 12.3 Å². The van der Waals surface area contributed by atoms with Crippen molar-refractivity contribution in [1.82, 2.24) is 9.71 Å². The Bertz CT molecular complexity index is 697. The number of pyridine rings is 1. The Balaban J connectivity index is 2.45. The molecule has 0 aliphatic rings. The SMILES string of the molecule is C#CCCNS(=O)(=O)c1cccc2cnccc12. The number of rotatable bonds is 4. The predicted octanol–water partition coefficient (Wildman–Crippen LogP) is 1.54. The number of benzene rings is 1. The smallest absolute Gasteiger partial charge is 0.241 e. The number of aromatic nitrogens is 1. The lowest BCUT2D eigenvalue weighted by Gasteiger charge is -2.08. The van der Waals surface area contributed by atoms with Gasteiger partial charge < -0.3 is 0 Å². The number of hydrogen-bond donors (Lipinski definition) is 1. The molecule has 0 saturated heterocycles. The summed E-state index contributed by atoms with van der Waals surface area (Å²) in [5.74, 6) is 2.39. The van der Waals surface area contributed by atoms with Crippen molar-refractivity contribution in [2.75, 3.05) is 6.54 Å². The summed E-state index contributed by atoms with van der Waals surface area (Å²) in [6.07, 6.45) is 8.67. The van der Waals surface area contributed by atoms with Gasteiger partial charge in [-0.2, -0.15) is 0 Å². The fourth-order valence-corrected chi connectivity index (χ4v) is 2.92. The monoisotopic (exact) mass is 260 g/mol. The third-order valence-corrected chi connectivity index (χ3v) is 4.01. The summed E-state index contributed by atoms with van der Waals surface area (Å²) in [6.45, 7) is 0.236. The number of nitrogens with one attached hydrogen (secondary N) is 1. The Hall–Kier alpha value is -1.90. The van der Waals surface area contributed by atoms with Gasteiger partial charge in [-0.1, -0.05) is 12.1 Å². The maximum atomic E-state index is 12.1. The molecule has 2 rings (SSSR count). The van der Waals surface area contributed by atoms with E-state index in [2.05, 4.69) is 15.6 Å². The molecule has 1 N–H and O–H groups in total. The summed E-state index contributed by atoms with van der Waals surface area (Å²) >= 11 is 0. The molecule has 1 aromatic carbocycles. The maximum absolute atomic E-state index is 12.1. The first-order valence-corrected chi connectivity index (χ1v) is 6.89. The summed E-state index contributed by atoms with van der Waals surface area (Å²) in [6, 6.07) is 6.77. The van der Waals surface area contributed by atoms with Crippen LogP contribution in [0.5, 0.6) is 0 Å². The lowest BCUT2D eigenvalue weighted by atomic mass is 10.2. The molecule has 0 aliphatic carbocycles. The van der Waals surface area contributed by atoms with Crippen molar-refractivity contribution in [3.05, 3.63) is 36.7 Å². The normalized spacial score (nSPS) is 11.3. The highest BCUT2D eigenvalue weighted by Gasteiger charge is 2.16. The first-order chi connectivity index (χ1) is 8.65. The minimum atomic E-state index is -3.53. The molecule has 0 amide bonds. The van der Waals surface area contributed by atoms with Gasteiger partial charge in [0.05, 0.1) is 4.90 Å². The molecule has 0 bridgehead atoms. The van der Waals surface area contributed by atoms with Gasteiger partial charge in [0.15, 0.2) is 0 Å². The lowest BCUT2D eigenvalue weighted by molar-refractivity contribution is 0.583. The molecule has 0 fully saturated rings. The van der Waals surface area contributed by atoms with Gasteiger partial charge in [0, 0.05) is 36.1 Å². The molecule has 4 nitrogen and oxygen atoms in total. The zero-order valence-electron chi connectivity index (χ0n) is 9.63. The molecule has 0 saturated carbocycles. The van der Waals surface area contributed by atoms with Crippen molar-refractivity contribution in [3.63, 3.8) is 0 Å². The fourth-order valence-electron chi connectivity index (χ4n) is 1.66. The van der Waals surface area contributed by atoms with E-state index in [9.17, 15) is 8.42 Å². The van der Waals surface area contributed by atoms with E-state index in [1.165, 1.54) is 0 Å². The average Bonchev–Trinajstić information content (AvgIpc) is 2.38. The zero-order chi connectivity index (χ0) is 13.0. The molecule has 5 heteroatoms. The number of terminal acetylenes is 1. The van der Waals surface area contributed by atoms with E-state index in [-0.39, 0.29) is 11.4 Å². The zero-order valence-corrected chi connectivity index (χ0v) is 10.4. The standard InChI is InChI=1S/C13H12N2O2S/c1-2-3-8-15-18(16,17)13-6-4-5-11-10-14-9-7-12(11)13/h1,4-7,9-10,15H,3,8H2. The van der Waals surface area contributed by atoms with Gasteiger partial charge in [-0.05, 0) is 12.1 Å². The molecular weight excluding hydrogens is 248 g/mol. The van der Waals surface area contributed by atoms with Crippen LogP contribution in [0.1, 0.15) is 6.42 Å². The van der Waals surface area contributed by atoms with Crippen LogP contribution in [0.3, 0.4) is 0 Å². The molecule has 0 spiro atoms. The van der Waals surface area contributed by atoms with Crippen molar-refractivity contribution in [1.29, 1.82) is 0 Å². The Labute approximate surface area is 106 Å². The van der Waals surface area contributed by atoms with Crippen LogP contribution in [0.4, 0.5) is 0 Å². The molecule has 1 heterocycles. The summed E-state index contributed by atoms with van der Waals surface area (Å²) < 4.78 is 26.7. The molecule has 92 valence electrons. The Morgan fingerprint density at radius 3 is 2.94 bits per heavy atom. The molecule has 0 radical (unpaired) electrons. The molecule has 0 atom stereocenters. The number of nitrogens with zero attached hydrogens (tertiary/aromatic N) is 1. The van der Waals surface area contributed by atoms with Crippen molar-refractivity contribution in [3.8, 4) is 12.3 Å². The summed E-state index contributed by atoms with van der Waals surface area (Å²) in [5, 5.41) is 1.44. The van der Waals surface area contributed by atoms with Crippen LogP contribution in [0.15, 0.2) is 41.6 Å². The van der Waals surface area contributed by atoms with Crippen molar-refractivity contribution < 1.29 is 8.42 Å². The van der Waals surface area contributed by atoms with Gasteiger partial charge in [0.25, 0.3) is 0 Å². The fraction of sp³-hybridized carbons (Fsp3) is 0.154. The second kappa shape index (κ2) is 5.17. The van der Waals surface area contributed by atoms with Crippen molar-refractivity contribution >= 4 is 20.8 Å². The van der Waals surface area contributed by atoms with E-state index in [1.807, 2.05) is 6.07 Å². The third-order valence-electron chi connectivity index (χ3n) is 2.49. The Kier molecular flexibility index (Phi) is 3.60. The molecule has 0 unspecified atom stereocenters. The van der Waals surface area contributed by atoms with Gasteiger partial charge in [-0.3, -0.25) is 4.98 Å². The van der Waals surface area contributed by atoms with Gasteiger partial charge in [0.2, 0.25) is 10.0 Å². The molecule has 0 aliphatic heterocycles. The second-order valence-corrected chi connectivity index (χ2v) is 5.44. The Morgan fingerprint density at radius 2 is 2.17 bits per heavy atom. The highest BCUT2D eigenvalue weighted by atomic mass is 32.2. The summed E-state index contributed by atoms with van der Waals surface area (Å²) in [4.78, 5) is 4.22. The second-order valence-electron chi connectivity index (χ2n) is 3.70. The Morgan fingerprint density at radius 1 is 1.33 bits per heavy atom. The van der Waals surface area contributed by atoms with E-state index in [4.69, 9.17) is 6.42 Å². The van der Waals surface area contributed by atoms with E-state index in [0.717, 1.165) is 5.39 Å². The van der Waals surface area contributed by atoms with Crippen LogP contribution in [-0.2, 0) is 10.0 Å². The minimum Gasteiger partial charge on any atom is -0.264 e. The maximum Gasteiger partial charge on any atom is 0.241 e. The molecule has 2 aromatic rings. The third kappa shape index (κ3) is 2.50. The van der Waals surface area contributed by atoms with E-state index < -0.39 is 10.0 Å². The minimum absolute atomic E-state index is 0.236. The first kappa shape index (κ1) is 12.6. The van der Waals surface area contributed by atoms with E-state index >= 15 is 0 Å². The molecular formula is C13H12N2O2S. The quantitative estimate of drug-likeness (QED) is 0.670. The van der Waals surface area contributed by atoms with Gasteiger partial charge in [0.1, 0.15) is 0 Å². The number of hydrogen-bond acceptors (Lipinski definition) is 3. The highest BCUT2D eigenvalue weighted by molar-refractivity contribution is 7.89.